The van der Waals surface area contributed by atoms with Crippen molar-refractivity contribution in [3.63, 3.8) is 0 Å². The van der Waals surface area contributed by atoms with Crippen molar-refractivity contribution in [1.29, 1.82) is 0 Å². The van der Waals surface area contributed by atoms with Crippen molar-refractivity contribution in [1.82, 2.24) is 19.4 Å². The number of alkyl halides is 3. The van der Waals surface area contributed by atoms with Crippen molar-refractivity contribution in [3.8, 4) is 0 Å². The summed E-state index contributed by atoms with van der Waals surface area (Å²) < 4.78 is 47.1. The van der Waals surface area contributed by atoms with Crippen molar-refractivity contribution in [3.05, 3.63) is 34.1 Å². The number of carbonyl (C=O) groups is 2. The monoisotopic (exact) mass is 472 g/mol. The summed E-state index contributed by atoms with van der Waals surface area (Å²) >= 11 is 6.35. The first kappa shape index (κ1) is 21.3. The minimum Gasteiger partial charge on any atom is -0.438 e. The molecule has 1 spiro atoms. The van der Waals surface area contributed by atoms with Crippen LogP contribution in [0.2, 0.25) is 5.02 Å². The van der Waals surface area contributed by atoms with Gasteiger partial charge in [0.05, 0.1) is 23.6 Å². The fraction of sp³-hybridized carbons (Fsp3) is 0.550. The van der Waals surface area contributed by atoms with E-state index >= 15 is 0 Å². The molecule has 2 aromatic heterocycles. The second-order valence-corrected chi connectivity index (χ2v) is 9.09. The Kier molecular flexibility index (Phi) is 4.65. The number of rotatable bonds is 2. The van der Waals surface area contributed by atoms with Crippen LogP contribution in [0.4, 0.5) is 18.0 Å². The molecule has 0 radical (unpaired) electrons. The lowest BCUT2D eigenvalue weighted by molar-refractivity contribution is -0.142. The number of nitrogens with zero attached hydrogens (tertiary/aromatic N) is 4. The Hall–Kier alpha value is -2.53. The molecule has 3 aliphatic rings. The standard InChI is InChI=1S/C20H20ClF3N4O4/c1-26-9-19(32-18(26)31)4-5-27(8-14(19)29)17(30)16-15(21)12-6-11(10-2-3-10)7-13(20(22,23)24)28(12)25-16/h6-7,10,14,29H,2-5,8-9H2,1H3/t14-,19-/m0/s1. The third-order valence-electron chi connectivity index (χ3n) is 6.44. The molecule has 172 valence electrons. The van der Waals surface area contributed by atoms with Gasteiger partial charge in [-0.05, 0) is 36.5 Å². The van der Waals surface area contributed by atoms with E-state index in [1.807, 2.05) is 0 Å². The average molecular weight is 473 g/mol. The molecule has 8 nitrogen and oxygen atoms in total. The van der Waals surface area contributed by atoms with Gasteiger partial charge in [0.2, 0.25) is 0 Å². The lowest BCUT2D eigenvalue weighted by Crippen LogP contribution is -2.58. The molecule has 1 saturated carbocycles. The highest BCUT2D eigenvalue weighted by atomic mass is 35.5. The highest BCUT2D eigenvalue weighted by Gasteiger charge is 2.52. The number of halogens is 4. The molecule has 0 bridgehead atoms. The Morgan fingerprint density at radius 3 is 2.62 bits per heavy atom. The molecule has 2 aliphatic heterocycles. The number of aromatic nitrogens is 2. The van der Waals surface area contributed by atoms with Gasteiger partial charge in [-0.1, -0.05) is 11.6 Å². The van der Waals surface area contributed by atoms with Gasteiger partial charge < -0.3 is 19.6 Å². The van der Waals surface area contributed by atoms with E-state index in [0.29, 0.717) is 10.1 Å². The van der Waals surface area contributed by atoms with Crippen LogP contribution >= 0.6 is 11.6 Å². The number of fused-ring (bicyclic) bond motifs is 1. The fourth-order valence-corrected chi connectivity index (χ4v) is 4.73. The Morgan fingerprint density at radius 1 is 1.34 bits per heavy atom. The molecule has 4 heterocycles. The summed E-state index contributed by atoms with van der Waals surface area (Å²) in [6.45, 7) is 0.146. The first-order valence-electron chi connectivity index (χ1n) is 10.2. The van der Waals surface area contributed by atoms with Crippen molar-refractivity contribution in [2.24, 2.45) is 0 Å². The number of ether oxygens (including phenoxy) is 1. The van der Waals surface area contributed by atoms with Crippen LogP contribution in [0.3, 0.4) is 0 Å². The Morgan fingerprint density at radius 2 is 2.06 bits per heavy atom. The molecule has 1 N–H and O–H groups in total. The van der Waals surface area contributed by atoms with Gasteiger partial charge in [0.25, 0.3) is 5.91 Å². The third-order valence-corrected chi connectivity index (χ3v) is 6.81. The maximum atomic E-state index is 13.7. The van der Waals surface area contributed by atoms with Gasteiger partial charge in [-0.15, -0.1) is 0 Å². The molecule has 12 heteroatoms. The fourth-order valence-electron chi connectivity index (χ4n) is 4.47. The second kappa shape index (κ2) is 6.98. The smallest absolute Gasteiger partial charge is 0.433 e. The lowest BCUT2D eigenvalue weighted by atomic mass is 9.88. The number of carbonyl (C=O) groups excluding carboxylic acids is 2. The van der Waals surface area contributed by atoms with Crippen LogP contribution in [-0.4, -0.2) is 74.9 Å². The van der Waals surface area contributed by atoms with Crippen LogP contribution in [-0.2, 0) is 10.9 Å². The SMILES string of the molecule is CN1C[C@]2(CCN(C(=O)c3nn4c(C(F)(F)F)cc(C5CC5)cc4c3Cl)C[C@@H]2O)OC1=O. The first-order valence-corrected chi connectivity index (χ1v) is 10.6. The van der Waals surface area contributed by atoms with Gasteiger partial charge >= 0.3 is 12.3 Å². The van der Waals surface area contributed by atoms with E-state index in [9.17, 15) is 27.9 Å². The summed E-state index contributed by atoms with van der Waals surface area (Å²) in [6.07, 6.45) is -4.60. The molecule has 1 aliphatic carbocycles. The number of likely N-dealkylation sites (tertiary alicyclic amines) is 1. The molecular formula is C20H20ClF3N4O4. The van der Waals surface area contributed by atoms with E-state index in [4.69, 9.17) is 16.3 Å². The van der Waals surface area contributed by atoms with E-state index in [0.717, 1.165) is 18.9 Å². The van der Waals surface area contributed by atoms with Crippen molar-refractivity contribution >= 4 is 29.1 Å². The lowest BCUT2D eigenvalue weighted by Gasteiger charge is -2.41. The van der Waals surface area contributed by atoms with Gasteiger partial charge in [-0.3, -0.25) is 4.79 Å². The Labute approximate surface area is 185 Å². The van der Waals surface area contributed by atoms with Gasteiger partial charge in [0, 0.05) is 20.0 Å². The highest BCUT2D eigenvalue weighted by molar-refractivity contribution is 6.36. The predicted molar refractivity (Wildman–Crippen MR) is 106 cm³/mol. The molecule has 3 fully saturated rings. The Bertz CT molecular complexity index is 1130. The largest absolute Gasteiger partial charge is 0.438 e. The molecule has 0 aromatic carbocycles. The topological polar surface area (TPSA) is 87.4 Å². The zero-order chi connectivity index (χ0) is 23.0. The van der Waals surface area contributed by atoms with Gasteiger partial charge in [0.15, 0.2) is 11.3 Å². The van der Waals surface area contributed by atoms with Gasteiger partial charge in [-0.25, -0.2) is 9.31 Å². The van der Waals surface area contributed by atoms with E-state index in [-0.39, 0.29) is 48.2 Å². The molecular weight excluding hydrogens is 453 g/mol. The zero-order valence-corrected chi connectivity index (χ0v) is 17.8. The van der Waals surface area contributed by atoms with Gasteiger partial charge in [-0.2, -0.15) is 18.3 Å². The predicted octanol–water partition coefficient (Wildman–Crippen LogP) is 2.91. The average Bonchev–Trinajstić information content (AvgIpc) is 3.46. The number of β-amino-alcohol motifs (C(OH)–C–C–N with tert-alkyl or cyclic N) is 1. The summed E-state index contributed by atoms with van der Waals surface area (Å²) in [7, 11) is 1.55. The molecule has 2 saturated heterocycles. The van der Waals surface area contributed by atoms with Gasteiger partial charge in [0.1, 0.15) is 11.8 Å². The molecule has 5 rings (SSSR count). The van der Waals surface area contributed by atoms with Crippen LogP contribution in [0.5, 0.6) is 0 Å². The van der Waals surface area contributed by atoms with E-state index < -0.39 is 35.6 Å². The number of hydrogen-bond acceptors (Lipinski definition) is 5. The van der Waals surface area contributed by atoms with E-state index in [2.05, 4.69) is 5.10 Å². The normalized spacial score (nSPS) is 26.3. The minimum absolute atomic E-state index is 0.0205. The van der Waals surface area contributed by atoms with Crippen LogP contribution in [0, 0.1) is 0 Å². The maximum absolute atomic E-state index is 13.7. The molecule has 2 atom stereocenters. The van der Waals surface area contributed by atoms with E-state index in [1.54, 1.807) is 13.1 Å². The number of likely N-dealkylation sites (N-methyl/N-ethyl adjacent to an activating group) is 1. The number of aliphatic hydroxyl groups excluding tert-OH is 1. The summed E-state index contributed by atoms with van der Waals surface area (Å²) in [5, 5.41) is 14.4. The number of piperidine rings is 1. The second-order valence-electron chi connectivity index (χ2n) is 8.71. The quantitative estimate of drug-likeness (QED) is 0.726. The minimum atomic E-state index is -4.68. The molecule has 0 unspecified atom stereocenters. The number of pyridine rings is 1. The summed E-state index contributed by atoms with van der Waals surface area (Å²) in [4.78, 5) is 27.5. The number of amides is 2. The highest BCUT2D eigenvalue weighted by Crippen LogP contribution is 2.43. The van der Waals surface area contributed by atoms with Crippen LogP contribution < -0.4 is 0 Å². The van der Waals surface area contributed by atoms with Crippen molar-refractivity contribution in [2.75, 3.05) is 26.7 Å². The number of aliphatic hydroxyl groups is 1. The van der Waals surface area contributed by atoms with Crippen molar-refractivity contribution < 1.29 is 32.6 Å². The summed E-state index contributed by atoms with van der Waals surface area (Å²) in [5.41, 5.74) is -1.88. The number of hydrogen-bond donors (Lipinski definition) is 1. The first-order chi connectivity index (χ1) is 15.0. The Balaban J connectivity index is 1.47. The maximum Gasteiger partial charge on any atom is 0.433 e. The molecule has 2 aromatic rings. The molecule has 2 amide bonds. The molecule has 32 heavy (non-hydrogen) atoms. The van der Waals surface area contributed by atoms with Crippen LogP contribution in [0.25, 0.3) is 5.52 Å². The summed E-state index contributed by atoms with van der Waals surface area (Å²) in [6, 6.07) is 2.61. The van der Waals surface area contributed by atoms with Crippen LogP contribution in [0.1, 0.15) is 46.9 Å². The zero-order valence-electron chi connectivity index (χ0n) is 17.0. The third kappa shape index (κ3) is 3.29. The van der Waals surface area contributed by atoms with Crippen LogP contribution in [0.15, 0.2) is 12.1 Å². The van der Waals surface area contributed by atoms with E-state index in [1.165, 1.54) is 9.80 Å². The summed E-state index contributed by atoms with van der Waals surface area (Å²) in [5.74, 6) is -0.640. The van der Waals surface area contributed by atoms with Crippen molar-refractivity contribution in [2.45, 2.75) is 43.1 Å².